The second-order valence-electron chi connectivity index (χ2n) is 2.29. The molecule has 0 aromatic rings. The van der Waals surface area contributed by atoms with Crippen LogP contribution in [-0.2, 0) is 14.8 Å². The quantitative estimate of drug-likeness (QED) is 0.526. The zero-order valence-corrected chi connectivity index (χ0v) is 6.93. The summed E-state index contributed by atoms with van der Waals surface area (Å²) in [5, 5.41) is 4.71. The van der Waals surface area contributed by atoms with Crippen molar-refractivity contribution in [1.29, 1.82) is 0 Å². The molecule has 0 fully saturated rings. The normalized spacial score (nSPS) is 11.4. The molecular weight excluding hydrogens is 168 g/mol. The number of amides is 1. The van der Waals surface area contributed by atoms with Crippen LogP contribution in [0.25, 0.3) is 0 Å². The fraction of sp³-hybridized carbons (Fsp3) is 0.800. The third-order valence-corrected chi connectivity index (χ3v) is 1.96. The SMILES string of the molecule is NC(=O)CCCCS(N)(=O)=O. The van der Waals surface area contributed by atoms with Crippen molar-refractivity contribution in [3.8, 4) is 0 Å². The predicted octanol–water partition coefficient (Wildman–Crippen LogP) is -1.07. The Morgan fingerprint density at radius 1 is 1.27 bits per heavy atom. The van der Waals surface area contributed by atoms with E-state index in [-0.39, 0.29) is 12.2 Å². The molecule has 0 bridgehead atoms. The van der Waals surface area contributed by atoms with Crippen LogP contribution in [0.5, 0.6) is 0 Å². The molecule has 0 aliphatic rings. The minimum absolute atomic E-state index is 0.0831. The zero-order valence-electron chi connectivity index (χ0n) is 6.12. The molecule has 6 heteroatoms. The lowest BCUT2D eigenvalue weighted by Crippen LogP contribution is -2.17. The first-order valence-electron chi connectivity index (χ1n) is 3.20. The Morgan fingerprint density at radius 2 is 1.82 bits per heavy atom. The molecular formula is C5H12N2O3S. The molecule has 4 N–H and O–H groups in total. The van der Waals surface area contributed by atoms with Crippen molar-refractivity contribution in [1.82, 2.24) is 0 Å². The van der Waals surface area contributed by atoms with Gasteiger partial charge in [0.1, 0.15) is 0 Å². The summed E-state index contributed by atoms with van der Waals surface area (Å²) >= 11 is 0. The topological polar surface area (TPSA) is 103 Å². The Balaban J connectivity index is 3.37. The zero-order chi connectivity index (χ0) is 8.91. The summed E-state index contributed by atoms with van der Waals surface area (Å²) in [6, 6.07) is 0. The smallest absolute Gasteiger partial charge is 0.217 e. The molecule has 1 amide bonds. The van der Waals surface area contributed by atoms with Gasteiger partial charge in [0.2, 0.25) is 15.9 Å². The van der Waals surface area contributed by atoms with Crippen molar-refractivity contribution in [2.75, 3.05) is 5.75 Å². The number of carbonyl (C=O) groups excluding carboxylic acids is 1. The monoisotopic (exact) mass is 180 g/mol. The number of hydrogen-bond donors (Lipinski definition) is 2. The Hall–Kier alpha value is -0.620. The summed E-state index contributed by atoms with van der Waals surface area (Å²) in [7, 11) is -3.37. The van der Waals surface area contributed by atoms with Crippen LogP contribution >= 0.6 is 0 Å². The number of nitrogens with two attached hydrogens (primary N) is 2. The molecule has 0 heterocycles. The van der Waals surface area contributed by atoms with Crippen LogP contribution in [0.2, 0.25) is 0 Å². The highest BCUT2D eigenvalue weighted by molar-refractivity contribution is 7.89. The number of carbonyl (C=O) groups is 1. The van der Waals surface area contributed by atoms with Gasteiger partial charge in [0.25, 0.3) is 0 Å². The van der Waals surface area contributed by atoms with E-state index in [1.165, 1.54) is 0 Å². The van der Waals surface area contributed by atoms with Crippen molar-refractivity contribution < 1.29 is 13.2 Å². The second kappa shape index (κ2) is 4.30. The van der Waals surface area contributed by atoms with Gasteiger partial charge in [0.15, 0.2) is 0 Å². The highest BCUT2D eigenvalue weighted by Gasteiger charge is 2.02. The number of rotatable bonds is 5. The first-order chi connectivity index (χ1) is 4.92. The van der Waals surface area contributed by atoms with E-state index >= 15 is 0 Å². The molecule has 66 valence electrons. The lowest BCUT2D eigenvalue weighted by atomic mass is 10.2. The second-order valence-corrected chi connectivity index (χ2v) is 4.02. The fourth-order valence-electron chi connectivity index (χ4n) is 0.602. The number of primary sulfonamides is 1. The van der Waals surface area contributed by atoms with Crippen LogP contribution in [0, 0.1) is 0 Å². The molecule has 0 spiro atoms. The van der Waals surface area contributed by atoms with Crippen LogP contribution < -0.4 is 10.9 Å². The molecule has 0 saturated carbocycles. The van der Waals surface area contributed by atoms with Crippen LogP contribution in [0.3, 0.4) is 0 Å². The third kappa shape index (κ3) is 9.38. The number of unbranched alkanes of at least 4 members (excludes halogenated alkanes) is 1. The molecule has 0 radical (unpaired) electrons. The average molecular weight is 180 g/mol. The van der Waals surface area contributed by atoms with Gasteiger partial charge < -0.3 is 5.73 Å². The van der Waals surface area contributed by atoms with Gasteiger partial charge in [-0.15, -0.1) is 0 Å². The maximum Gasteiger partial charge on any atom is 0.217 e. The van der Waals surface area contributed by atoms with Gasteiger partial charge in [-0.05, 0) is 12.8 Å². The summed E-state index contributed by atoms with van der Waals surface area (Å²) < 4.78 is 20.7. The number of hydrogen-bond acceptors (Lipinski definition) is 3. The minimum Gasteiger partial charge on any atom is -0.370 e. The summed E-state index contributed by atoms with van der Waals surface area (Å²) in [4.78, 5) is 10.2. The summed E-state index contributed by atoms with van der Waals surface area (Å²) in [6.45, 7) is 0. The van der Waals surface area contributed by atoms with Crippen LogP contribution in [0.15, 0.2) is 0 Å². The lowest BCUT2D eigenvalue weighted by Gasteiger charge is -1.95. The van der Waals surface area contributed by atoms with Gasteiger partial charge >= 0.3 is 0 Å². The predicted molar refractivity (Wildman–Crippen MR) is 41.0 cm³/mol. The Bertz CT molecular complexity index is 222. The van der Waals surface area contributed by atoms with Crippen molar-refractivity contribution in [2.24, 2.45) is 10.9 Å². The summed E-state index contributed by atoms with van der Waals surface area (Å²) in [6.07, 6.45) is 1.09. The molecule has 0 unspecified atom stereocenters. The molecule has 0 aliphatic carbocycles. The van der Waals surface area contributed by atoms with Crippen LogP contribution in [0.1, 0.15) is 19.3 Å². The third-order valence-electron chi connectivity index (χ3n) is 1.10. The maximum atomic E-state index is 10.3. The highest BCUT2D eigenvalue weighted by Crippen LogP contribution is 1.95. The van der Waals surface area contributed by atoms with E-state index in [1.807, 2.05) is 0 Å². The molecule has 0 aromatic carbocycles. The number of sulfonamides is 1. The van der Waals surface area contributed by atoms with Gasteiger partial charge in [-0.3, -0.25) is 4.79 Å². The van der Waals surface area contributed by atoms with Gasteiger partial charge in [0.05, 0.1) is 5.75 Å². The number of primary amides is 1. The van der Waals surface area contributed by atoms with E-state index in [0.29, 0.717) is 12.8 Å². The van der Waals surface area contributed by atoms with Crippen molar-refractivity contribution in [3.63, 3.8) is 0 Å². The average Bonchev–Trinajstić information content (AvgIpc) is 1.78. The Morgan fingerprint density at radius 3 is 2.18 bits per heavy atom. The molecule has 0 saturated heterocycles. The van der Waals surface area contributed by atoms with Crippen LogP contribution in [-0.4, -0.2) is 20.1 Å². The van der Waals surface area contributed by atoms with E-state index < -0.39 is 15.9 Å². The standard InChI is InChI=1S/C5H12N2O3S/c6-5(8)3-1-2-4-11(7,9)10/h1-4H2,(H2,6,8)(H2,7,9,10). The first kappa shape index (κ1) is 10.4. The van der Waals surface area contributed by atoms with E-state index in [0.717, 1.165) is 0 Å². The Labute approximate surface area is 65.8 Å². The Kier molecular flexibility index (Phi) is 4.06. The van der Waals surface area contributed by atoms with Gasteiger partial charge in [-0.1, -0.05) is 0 Å². The molecule has 0 rings (SSSR count). The van der Waals surface area contributed by atoms with Crippen molar-refractivity contribution in [3.05, 3.63) is 0 Å². The van der Waals surface area contributed by atoms with E-state index in [4.69, 9.17) is 10.9 Å². The summed E-state index contributed by atoms with van der Waals surface area (Å²) in [5.41, 5.74) is 4.82. The minimum atomic E-state index is -3.37. The molecule has 11 heavy (non-hydrogen) atoms. The van der Waals surface area contributed by atoms with Gasteiger partial charge in [-0.25, -0.2) is 13.6 Å². The molecule has 0 aromatic heterocycles. The fourth-order valence-corrected chi connectivity index (χ4v) is 1.21. The largest absolute Gasteiger partial charge is 0.370 e. The highest BCUT2D eigenvalue weighted by atomic mass is 32.2. The molecule has 0 aliphatic heterocycles. The van der Waals surface area contributed by atoms with E-state index in [1.54, 1.807) is 0 Å². The lowest BCUT2D eigenvalue weighted by molar-refractivity contribution is -0.118. The van der Waals surface area contributed by atoms with Crippen LogP contribution in [0.4, 0.5) is 0 Å². The van der Waals surface area contributed by atoms with Crippen molar-refractivity contribution in [2.45, 2.75) is 19.3 Å². The van der Waals surface area contributed by atoms with Gasteiger partial charge in [0, 0.05) is 6.42 Å². The summed E-state index contributed by atoms with van der Waals surface area (Å²) in [5.74, 6) is -0.500. The van der Waals surface area contributed by atoms with Crippen molar-refractivity contribution >= 4 is 15.9 Å². The molecule has 0 atom stereocenters. The maximum absolute atomic E-state index is 10.3. The first-order valence-corrected chi connectivity index (χ1v) is 4.92. The van der Waals surface area contributed by atoms with E-state index in [2.05, 4.69) is 0 Å². The molecule has 5 nitrogen and oxygen atoms in total. The van der Waals surface area contributed by atoms with Gasteiger partial charge in [-0.2, -0.15) is 0 Å². The van der Waals surface area contributed by atoms with E-state index in [9.17, 15) is 13.2 Å².